The van der Waals surface area contributed by atoms with E-state index < -0.39 is 114 Å². The Labute approximate surface area is 301 Å². The third-order valence-electron chi connectivity index (χ3n) is 8.24. The van der Waals surface area contributed by atoms with Crippen molar-refractivity contribution in [3.05, 3.63) is 0 Å². The quantitative estimate of drug-likeness (QED) is 0.0487. The number of carboxylic acids is 1. The number of carbonyl (C=O) groups excluding carboxylic acids is 7. The number of hydrogen-bond acceptors (Lipinski definition) is 13. The Morgan fingerprint density at radius 3 is 1.77 bits per heavy atom. The Morgan fingerprint density at radius 1 is 0.712 bits per heavy atom. The van der Waals surface area contributed by atoms with Crippen LogP contribution in [0.5, 0.6) is 0 Å². The first-order valence-electron chi connectivity index (χ1n) is 17.0. The molecule has 10 unspecified atom stereocenters. The zero-order valence-electron chi connectivity index (χ0n) is 30.1. The first-order valence-corrected chi connectivity index (χ1v) is 17.0. The van der Waals surface area contributed by atoms with Gasteiger partial charge < -0.3 is 68.7 Å². The summed E-state index contributed by atoms with van der Waals surface area (Å²) in [4.78, 5) is 102. The summed E-state index contributed by atoms with van der Waals surface area (Å²) in [6, 6.07) is -9.16. The standard InChI is InChI=1S/C31H55N9O12/c1-14(35-29(49)23(17(4)42)38-26(46)19(33)9-6-7-11-32)25(45)34-13-21(44)37-22(16(3)41)28(48)36-15(2)30(50)40-12-8-10-20(40)27(47)39-24(18(5)43)31(51)52/h14-20,22-24,41-43H,6-13,32-33H2,1-5H3,(H,34,45)(H,35,49)(H,36,48)(H,37,44)(H,38,46)(H,39,47)(H,51,52). The average molecular weight is 746 g/mol. The molecule has 0 spiro atoms. The molecule has 1 aliphatic rings. The van der Waals surface area contributed by atoms with Gasteiger partial charge in [-0.25, -0.2) is 4.79 Å². The molecule has 0 aliphatic carbocycles. The minimum atomic E-state index is -1.60. The van der Waals surface area contributed by atoms with Crippen molar-refractivity contribution in [2.75, 3.05) is 19.6 Å². The molecule has 21 heteroatoms. The number of carbonyl (C=O) groups is 8. The third-order valence-corrected chi connectivity index (χ3v) is 8.24. The molecule has 0 bridgehead atoms. The van der Waals surface area contributed by atoms with E-state index in [9.17, 15) is 58.8 Å². The van der Waals surface area contributed by atoms with E-state index in [1.54, 1.807) is 0 Å². The first-order chi connectivity index (χ1) is 24.2. The van der Waals surface area contributed by atoms with Crippen LogP contribution in [0.1, 0.15) is 66.7 Å². The van der Waals surface area contributed by atoms with E-state index in [-0.39, 0.29) is 13.0 Å². The Balaban J connectivity index is 2.74. The lowest BCUT2D eigenvalue weighted by molar-refractivity contribution is -0.147. The number of amides is 7. The van der Waals surface area contributed by atoms with Crippen LogP contribution in [0.3, 0.4) is 0 Å². The molecular weight excluding hydrogens is 690 g/mol. The maximum absolute atomic E-state index is 13.2. The molecule has 1 heterocycles. The average Bonchev–Trinajstić information content (AvgIpc) is 3.56. The number of carboxylic acid groups (broad SMARTS) is 1. The number of aliphatic hydroxyl groups is 3. The molecule has 14 N–H and O–H groups in total. The molecule has 0 aromatic heterocycles. The van der Waals surface area contributed by atoms with Crippen LogP contribution in [0.25, 0.3) is 0 Å². The molecule has 0 aromatic carbocycles. The maximum atomic E-state index is 13.2. The summed E-state index contributed by atoms with van der Waals surface area (Å²) in [7, 11) is 0. The van der Waals surface area contributed by atoms with Gasteiger partial charge in [0.2, 0.25) is 41.4 Å². The second-order valence-corrected chi connectivity index (χ2v) is 12.8. The van der Waals surface area contributed by atoms with Gasteiger partial charge >= 0.3 is 5.97 Å². The fourth-order valence-electron chi connectivity index (χ4n) is 5.18. The van der Waals surface area contributed by atoms with Gasteiger partial charge in [-0.1, -0.05) is 6.42 Å². The van der Waals surface area contributed by atoms with E-state index >= 15 is 0 Å². The van der Waals surface area contributed by atoms with Crippen molar-refractivity contribution in [1.29, 1.82) is 0 Å². The number of rotatable bonds is 21. The van der Waals surface area contributed by atoms with Gasteiger partial charge in [0.1, 0.15) is 30.2 Å². The van der Waals surface area contributed by atoms with Crippen LogP contribution in [0, 0.1) is 0 Å². The highest BCUT2D eigenvalue weighted by Crippen LogP contribution is 2.19. The number of nitrogens with two attached hydrogens (primary N) is 2. The maximum Gasteiger partial charge on any atom is 0.328 e. The van der Waals surface area contributed by atoms with Crippen molar-refractivity contribution in [2.24, 2.45) is 11.5 Å². The molecule has 1 rings (SSSR count). The molecule has 52 heavy (non-hydrogen) atoms. The van der Waals surface area contributed by atoms with Gasteiger partial charge in [-0.05, 0) is 66.8 Å². The van der Waals surface area contributed by atoms with E-state index in [1.807, 2.05) is 0 Å². The molecule has 21 nitrogen and oxygen atoms in total. The van der Waals surface area contributed by atoms with E-state index in [1.165, 1.54) is 34.6 Å². The van der Waals surface area contributed by atoms with Gasteiger partial charge in [0.05, 0.1) is 30.9 Å². The normalized spacial score (nSPS) is 19.3. The lowest BCUT2D eigenvalue weighted by Crippen LogP contribution is -2.60. The second-order valence-electron chi connectivity index (χ2n) is 12.8. The SMILES string of the molecule is CC(NC(=O)C(NC(=O)C(N)CCCCN)C(C)O)C(=O)NCC(=O)NC(C(=O)NC(C)C(=O)N1CCCC1C(=O)NC(C(=O)O)C(C)O)C(C)O. The predicted molar refractivity (Wildman–Crippen MR) is 182 cm³/mol. The smallest absolute Gasteiger partial charge is 0.328 e. The summed E-state index contributed by atoms with van der Waals surface area (Å²) in [5.41, 5.74) is 11.3. The Hall–Kier alpha value is -4.44. The Morgan fingerprint density at radius 2 is 1.25 bits per heavy atom. The molecular formula is C31H55N9O12. The second kappa shape index (κ2) is 21.8. The lowest BCUT2D eigenvalue weighted by atomic mass is 10.1. The van der Waals surface area contributed by atoms with Crippen LogP contribution in [0.4, 0.5) is 0 Å². The summed E-state index contributed by atoms with van der Waals surface area (Å²) in [5, 5.41) is 53.0. The van der Waals surface area contributed by atoms with Crippen molar-refractivity contribution in [3.63, 3.8) is 0 Å². The van der Waals surface area contributed by atoms with Crippen molar-refractivity contribution >= 4 is 47.3 Å². The fourth-order valence-corrected chi connectivity index (χ4v) is 5.18. The largest absolute Gasteiger partial charge is 0.480 e. The Bertz CT molecular complexity index is 1280. The molecule has 0 radical (unpaired) electrons. The summed E-state index contributed by atoms with van der Waals surface area (Å²) >= 11 is 0. The van der Waals surface area contributed by atoms with E-state index in [0.717, 1.165) is 4.90 Å². The van der Waals surface area contributed by atoms with Crippen LogP contribution in [0.15, 0.2) is 0 Å². The van der Waals surface area contributed by atoms with Crippen molar-refractivity contribution < 1.29 is 58.8 Å². The van der Waals surface area contributed by atoms with Crippen LogP contribution in [-0.2, 0) is 38.4 Å². The number of hydrogen-bond donors (Lipinski definition) is 12. The highest BCUT2D eigenvalue weighted by Gasteiger charge is 2.39. The van der Waals surface area contributed by atoms with Gasteiger partial charge in [-0.3, -0.25) is 33.6 Å². The summed E-state index contributed by atoms with van der Waals surface area (Å²) in [6.07, 6.45) is -2.11. The van der Waals surface area contributed by atoms with E-state index in [2.05, 4.69) is 31.9 Å². The zero-order chi connectivity index (χ0) is 39.9. The zero-order valence-corrected chi connectivity index (χ0v) is 30.1. The number of aliphatic carboxylic acids is 1. The van der Waals surface area contributed by atoms with E-state index in [0.29, 0.717) is 32.2 Å². The molecule has 1 aliphatic heterocycles. The van der Waals surface area contributed by atoms with Gasteiger partial charge in [-0.15, -0.1) is 0 Å². The third kappa shape index (κ3) is 14.3. The minimum absolute atomic E-state index is 0.122. The minimum Gasteiger partial charge on any atom is -0.480 e. The number of likely N-dealkylation sites (tertiary alicyclic amines) is 1. The summed E-state index contributed by atoms with van der Waals surface area (Å²) < 4.78 is 0. The molecule has 0 saturated carbocycles. The summed E-state index contributed by atoms with van der Waals surface area (Å²) in [6.45, 7) is 6.07. The highest BCUT2D eigenvalue weighted by atomic mass is 16.4. The van der Waals surface area contributed by atoms with Gasteiger partial charge in [0.15, 0.2) is 6.04 Å². The van der Waals surface area contributed by atoms with Crippen molar-refractivity contribution in [1.82, 2.24) is 36.8 Å². The molecule has 1 fully saturated rings. The van der Waals surface area contributed by atoms with E-state index in [4.69, 9.17) is 11.5 Å². The van der Waals surface area contributed by atoms with Crippen molar-refractivity contribution in [3.8, 4) is 0 Å². The number of aliphatic hydroxyl groups excluding tert-OH is 3. The van der Waals surface area contributed by atoms with Crippen LogP contribution < -0.4 is 43.4 Å². The fraction of sp³-hybridized carbons (Fsp3) is 0.742. The predicted octanol–water partition coefficient (Wildman–Crippen LogP) is -5.76. The monoisotopic (exact) mass is 745 g/mol. The van der Waals surface area contributed by atoms with Crippen LogP contribution >= 0.6 is 0 Å². The topological polar surface area (TPSA) is 345 Å². The van der Waals surface area contributed by atoms with Crippen LogP contribution in [0.2, 0.25) is 0 Å². The Kier molecular flexibility index (Phi) is 19.1. The molecule has 7 amide bonds. The molecule has 10 atom stereocenters. The van der Waals surface area contributed by atoms with Crippen LogP contribution in [-0.4, -0.2) is 153 Å². The van der Waals surface area contributed by atoms with Crippen molar-refractivity contribution in [2.45, 2.75) is 127 Å². The molecule has 296 valence electrons. The summed E-state index contributed by atoms with van der Waals surface area (Å²) in [5.74, 6) is -7.29. The molecule has 0 aromatic rings. The number of nitrogens with zero attached hydrogens (tertiary/aromatic N) is 1. The number of nitrogens with one attached hydrogen (secondary N) is 6. The van der Waals surface area contributed by atoms with Gasteiger partial charge in [-0.2, -0.15) is 0 Å². The van der Waals surface area contributed by atoms with Gasteiger partial charge in [0, 0.05) is 6.54 Å². The lowest BCUT2D eigenvalue weighted by Gasteiger charge is -2.29. The van der Waals surface area contributed by atoms with Gasteiger partial charge in [0.25, 0.3) is 0 Å². The molecule has 1 saturated heterocycles. The number of unbranched alkanes of at least 4 members (excludes halogenated alkanes) is 1. The first kappa shape index (κ1) is 45.6. The highest BCUT2D eigenvalue weighted by molar-refractivity contribution is 5.97.